The number of methoxy groups -OCH3 is 1. The number of hydrogen-bond donors (Lipinski definition) is 2. The molecule has 0 spiro atoms. The molecule has 222 valence electrons. The number of nitrogens with one attached hydrogen (secondary N) is 2. The van der Waals surface area contributed by atoms with Gasteiger partial charge in [-0.05, 0) is 77.1 Å². The van der Waals surface area contributed by atoms with E-state index in [1.165, 1.54) is 7.11 Å². The van der Waals surface area contributed by atoms with Crippen LogP contribution in [0.25, 0.3) is 0 Å². The van der Waals surface area contributed by atoms with Crippen molar-refractivity contribution in [2.75, 3.05) is 19.0 Å². The first kappa shape index (κ1) is 30.8. The highest BCUT2D eigenvalue weighted by Crippen LogP contribution is 2.38. The van der Waals surface area contributed by atoms with Crippen LogP contribution in [0.3, 0.4) is 0 Å². The van der Waals surface area contributed by atoms with Crippen molar-refractivity contribution in [1.29, 1.82) is 0 Å². The molecule has 0 aromatic heterocycles. The molecule has 0 aliphatic carbocycles. The Kier molecular flexibility index (Phi) is 8.99. The van der Waals surface area contributed by atoms with Crippen LogP contribution >= 0.6 is 0 Å². The molecule has 0 radical (unpaired) electrons. The molecule has 1 saturated heterocycles. The van der Waals surface area contributed by atoms with Crippen LogP contribution in [0.15, 0.2) is 24.3 Å². The summed E-state index contributed by atoms with van der Waals surface area (Å²) in [7, 11) is 0.554. The average molecular weight is 572 g/mol. The van der Waals surface area contributed by atoms with E-state index in [1.54, 1.807) is 0 Å². The van der Waals surface area contributed by atoms with Crippen molar-refractivity contribution < 1.29 is 37.2 Å². The van der Waals surface area contributed by atoms with Crippen LogP contribution in [0.4, 0.5) is 14.5 Å². The Morgan fingerprint density at radius 3 is 2.32 bits per heavy atom. The Morgan fingerprint density at radius 2 is 1.73 bits per heavy atom. The minimum Gasteiger partial charge on any atom is -0.494 e. The van der Waals surface area contributed by atoms with Gasteiger partial charge in [-0.1, -0.05) is 19.1 Å². The SMILES string of the molecule is CC[C@H](C)Nc1cc(F)c(C(=O)N[C@@H](Cc2ccc(B3OC(C)(C)C(C)(C)O3)c3c2CCCO3)C(=O)OC)c(F)c1. The van der Waals surface area contributed by atoms with Crippen LogP contribution in [-0.4, -0.2) is 56.0 Å². The van der Waals surface area contributed by atoms with Gasteiger partial charge in [0.15, 0.2) is 0 Å². The molecular formula is C30H39BF2N2O6. The maximum absolute atomic E-state index is 14.9. The largest absolute Gasteiger partial charge is 0.498 e. The third kappa shape index (κ3) is 6.36. The number of fused-ring (bicyclic) bond motifs is 1. The predicted octanol–water partition coefficient (Wildman–Crippen LogP) is 4.31. The molecule has 2 aromatic carbocycles. The molecular weight excluding hydrogens is 533 g/mol. The molecule has 2 N–H and O–H groups in total. The molecule has 2 heterocycles. The number of rotatable bonds is 9. The minimum atomic E-state index is -1.20. The number of hydrogen-bond acceptors (Lipinski definition) is 7. The van der Waals surface area contributed by atoms with Gasteiger partial charge in [0, 0.05) is 23.6 Å². The molecule has 2 aliphatic heterocycles. The van der Waals surface area contributed by atoms with Crippen LogP contribution in [0.1, 0.15) is 75.9 Å². The summed E-state index contributed by atoms with van der Waals surface area (Å²) < 4.78 is 53.3. The number of carbonyl (C=O) groups is 2. The zero-order chi connectivity index (χ0) is 30.1. The summed E-state index contributed by atoms with van der Waals surface area (Å²) in [6, 6.07) is 4.60. The normalized spacial score (nSPS) is 18.6. The van der Waals surface area contributed by atoms with Crippen molar-refractivity contribution in [3.63, 3.8) is 0 Å². The van der Waals surface area contributed by atoms with Crippen molar-refractivity contribution in [2.45, 2.75) is 90.5 Å². The summed E-state index contributed by atoms with van der Waals surface area (Å²) in [5.41, 5.74) is 0.737. The molecule has 41 heavy (non-hydrogen) atoms. The first-order valence-electron chi connectivity index (χ1n) is 14.0. The quantitative estimate of drug-likeness (QED) is 0.342. The third-order valence-corrected chi connectivity index (χ3v) is 8.22. The van der Waals surface area contributed by atoms with E-state index in [-0.39, 0.29) is 18.2 Å². The van der Waals surface area contributed by atoms with Crippen LogP contribution in [0, 0.1) is 11.6 Å². The maximum Gasteiger partial charge on any atom is 0.498 e. The van der Waals surface area contributed by atoms with Gasteiger partial charge >= 0.3 is 13.1 Å². The van der Waals surface area contributed by atoms with E-state index in [1.807, 2.05) is 53.7 Å². The zero-order valence-electron chi connectivity index (χ0n) is 24.8. The molecule has 0 saturated carbocycles. The van der Waals surface area contributed by atoms with Gasteiger partial charge < -0.3 is 29.4 Å². The first-order chi connectivity index (χ1) is 19.3. The summed E-state index contributed by atoms with van der Waals surface area (Å²) in [4.78, 5) is 25.8. The van der Waals surface area contributed by atoms with Crippen molar-refractivity contribution in [2.24, 2.45) is 0 Å². The second-order valence-electron chi connectivity index (χ2n) is 11.7. The Hall–Kier alpha value is -3.18. The molecule has 1 fully saturated rings. The lowest BCUT2D eigenvalue weighted by Gasteiger charge is -2.32. The van der Waals surface area contributed by atoms with Gasteiger partial charge in [0.25, 0.3) is 5.91 Å². The summed E-state index contributed by atoms with van der Waals surface area (Å²) in [6.07, 6.45) is 2.21. The van der Waals surface area contributed by atoms with Crippen molar-refractivity contribution in [1.82, 2.24) is 5.32 Å². The number of halogens is 2. The number of esters is 1. The molecule has 8 nitrogen and oxygen atoms in total. The minimum absolute atomic E-state index is 0.0109. The fourth-order valence-corrected chi connectivity index (χ4v) is 4.95. The van der Waals surface area contributed by atoms with E-state index in [0.717, 1.165) is 41.6 Å². The second-order valence-corrected chi connectivity index (χ2v) is 11.7. The highest BCUT2D eigenvalue weighted by molar-refractivity contribution is 6.63. The van der Waals surface area contributed by atoms with Gasteiger partial charge in [0.05, 0.1) is 24.9 Å². The lowest BCUT2D eigenvalue weighted by molar-refractivity contribution is -0.142. The summed E-state index contributed by atoms with van der Waals surface area (Å²) in [5.74, 6) is -3.23. The highest BCUT2D eigenvalue weighted by atomic mass is 19.1. The number of benzene rings is 2. The van der Waals surface area contributed by atoms with Gasteiger partial charge in [-0.3, -0.25) is 4.79 Å². The van der Waals surface area contributed by atoms with Gasteiger partial charge in [-0.25, -0.2) is 13.6 Å². The standard InChI is InChI=1S/C30H39BF2N2O6/c1-8-17(2)34-19-15-22(32)25(23(33)16-19)27(36)35-24(28(37)38-7)14-18-11-12-21(26-20(18)10-9-13-39-26)31-40-29(3,4)30(5,6)41-31/h11-12,15-17,24,34H,8-10,13-14H2,1-7H3,(H,35,36)/t17-,24-/m0/s1. The lowest BCUT2D eigenvalue weighted by atomic mass is 9.75. The maximum atomic E-state index is 14.9. The number of anilines is 1. The first-order valence-corrected chi connectivity index (χ1v) is 14.0. The molecule has 4 rings (SSSR count). The lowest BCUT2D eigenvalue weighted by Crippen LogP contribution is -2.44. The van der Waals surface area contributed by atoms with Gasteiger partial charge in [-0.2, -0.15) is 0 Å². The van der Waals surface area contributed by atoms with Crippen molar-refractivity contribution in [3.05, 3.63) is 52.6 Å². The Bertz CT molecular complexity index is 1280. The second kappa shape index (κ2) is 12.0. The van der Waals surface area contributed by atoms with Gasteiger partial charge in [-0.15, -0.1) is 0 Å². The topological polar surface area (TPSA) is 95.1 Å². The number of amides is 1. The molecule has 0 unspecified atom stereocenters. The van der Waals surface area contributed by atoms with E-state index in [9.17, 15) is 18.4 Å². The number of ether oxygens (including phenoxy) is 2. The van der Waals surface area contributed by atoms with Crippen molar-refractivity contribution >= 4 is 30.1 Å². The third-order valence-electron chi connectivity index (χ3n) is 8.22. The van der Waals surface area contributed by atoms with Crippen molar-refractivity contribution in [3.8, 4) is 5.75 Å². The highest BCUT2D eigenvalue weighted by Gasteiger charge is 2.52. The van der Waals surface area contributed by atoms with E-state index in [0.29, 0.717) is 18.8 Å². The van der Waals surface area contributed by atoms with E-state index in [4.69, 9.17) is 18.8 Å². The average Bonchev–Trinajstić information content (AvgIpc) is 3.13. The molecule has 11 heteroatoms. The predicted molar refractivity (Wildman–Crippen MR) is 153 cm³/mol. The molecule has 2 aliphatic rings. The smallest absolute Gasteiger partial charge is 0.494 e. The van der Waals surface area contributed by atoms with Crippen LogP contribution < -0.4 is 20.8 Å². The van der Waals surface area contributed by atoms with Crippen LogP contribution in [-0.2, 0) is 31.7 Å². The van der Waals surface area contributed by atoms with Gasteiger partial charge in [0.2, 0.25) is 0 Å². The zero-order valence-corrected chi connectivity index (χ0v) is 24.8. The number of carbonyl (C=O) groups excluding carboxylic acids is 2. The van der Waals surface area contributed by atoms with Crippen LogP contribution in [0.5, 0.6) is 5.75 Å². The van der Waals surface area contributed by atoms with E-state index >= 15 is 0 Å². The Balaban J connectivity index is 1.60. The Morgan fingerprint density at radius 1 is 1.10 bits per heavy atom. The van der Waals surface area contributed by atoms with Crippen LogP contribution in [0.2, 0.25) is 0 Å². The van der Waals surface area contributed by atoms with Gasteiger partial charge in [0.1, 0.15) is 29.0 Å². The summed E-state index contributed by atoms with van der Waals surface area (Å²) >= 11 is 0. The monoisotopic (exact) mass is 572 g/mol. The molecule has 2 aromatic rings. The summed E-state index contributed by atoms with van der Waals surface area (Å²) in [6.45, 7) is 12.2. The van der Waals surface area contributed by atoms with E-state index < -0.39 is 53.4 Å². The molecule has 2 atom stereocenters. The fourth-order valence-electron chi connectivity index (χ4n) is 4.95. The summed E-state index contributed by atoms with van der Waals surface area (Å²) in [5, 5.41) is 5.47. The van der Waals surface area contributed by atoms with E-state index in [2.05, 4.69) is 10.6 Å². The molecule has 1 amide bonds. The fraction of sp³-hybridized carbons (Fsp3) is 0.533. The molecule has 0 bridgehead atoms. The Labute approximate surface area is 240 Å².